The van der Waals surface area contributed by atoms with E-state index in [-0.39, 0.29) is 0 Å². The number of para-hydroxylation sites is 2. The first-order valence-electron chi connectivity index (χ1n) is 8.27. The number of methoxy groups -OCH3 is 1. The molecule has 0 aliphatic rings. The third-order valence-corrected chi connectivity index (χ3v) is 5.47. The first-order chi connectivity index (χ1) is 13.2. The van der Waals surface area contributed by atoms with Crippen molar-refractivity contribution in [3.63, 3.8) is 0 Å². The summed E-state index contributed by atoms with van der Waals surface area (Å²) >= 11 is 8.00. The van der Waals surface area contributed by atoms with E-state index in [1.807, 2.05) is 64.5 Å². The molecule has 0 saturated carbocycles. The maximum atomic E-state index is 6.38. The molecule has 0 amide bonds. The van der Waals surface area contributed by atoms with E-state index in [2.05, 4.69) is 0 Å². The van der Waals surface area contributed by atoms with Crippen molar-refractivity contribution in [3.8, 4) is 22.1 Å². The van der Waals surface area contributed by atoms with E-state index in [1.165, 1.54) is 0 Å². The lowest BCUT2D eigenvalue weighted by Crippen LogP contribution is -1.99. The quantitative estimate of drug-likeness (QED) is 0.414. The van der Waals surface area contributed by atoms with Gasteiger partial charge < -0.3 is 4.74 Å². The van der Waals surface area contributed by atoms with Crippen LogP contribution in [0.4, 0.5) is 0 Å². The van der Waals surface area contributed by atoms with Crippen molar-refractivity contribution < 1.29 is 4.74 Å². The minimum Gasteiger partial charge on any atom is -0.495 e. The molecule has 0 bridgehead atoms. The van der Waals surface area contributed by atoms with Gasteiger partial charge in [0.2, 0.25) is 0 Å². The van der Waals surface area contributed by atoms with Crippen LogP contribution < -0.4 is 4.74 Å². The minimum absolute atomic E-state index is 0.530. The highest BCUT2D eigenvalue weighted by Gasteiger charge is 2.19. The number of halogens is 1. The van der Waals surface area contributed by atoms with Crippen LogP contribution in [0.1, 0.15) is 0 Å². The summed E-state index contributed by atoms with van der Waals surface area (Å²) in [5.74, 6) is 1.41. The summed E-state index contributed by atoms with van der Waals surface area (Å²) in [6.45, 7) is 0. The lowest BCUT2D eigenvalue weighted by molar-refractivity contribution is 0.415. The Labute approximate surface area is 163 Å². The van der Waals surface area contributed by atoms with Crippen LogP contribution in [0.25, 0.3) is 38.7 Å². The Kier molecular flexibility index (Phi) is 3.81. The summed E-state index contributed by atoms with van der Waals surface area (Å²) in [7, 11) is 1.60. The van der Waals surface area contributed by atoms with Crippen molar-refractivity contribution in [1.29, 1.82) is 0 Å². The Morgan fingerprint density at radius 3 is 2.48 bits per heavy atom. The Hall–Kier alpha value is -2.96. The maximum Gasteiger partial charge on any atom is 0.199 e. The van der Waals surface area contributed by atoms with Crippen LogP contribution in [0.3, 0.4) is 0 Å². The lowest BCUT2D eigenvalue weighted by atomic mass is 10.3. The summed E-state index contributed by atoms with van der Waals surface area (Å²) in [6, 6.07) is 17.5. The maximum absolute atomic E-state index is 6.38. The molecule has 0 atom stereocenters. The Morgan fingerprint density at radius 2 is 1.78 bits per heavy atom. The molecule has 0 fully saturated rings. The van der Waals surface area contributed by atoms with E-state index in [0.29, 0.717) is 22.1 Å². The molecule has 0 saturated heterocycles. The largest absolute Gasteiger partial charge is 0.495 e. The highest BCUT2D eigenvalue weighted by Crippen LogP contribution is 2.33. The van der Waals surface area contributed by atoms with Gasteiger partial charge in [-0.2, -0.15) is 0 Å². The zero-order valence-corrected chi connectivity index (χ0v) is 15.8. The van der Waals surface area contributed by atoms with Gasteiger partial charge in [-0.05, 0) is 41.8 Å². The number of hydrogen-bond acceptors (Lipinski definition) is 5. The summed E-state index contributed by atoms with van der Waals surface area (Å²) in [6.07, 6.45) is 0. The number of thiophene rings is 1. The van der Waals surface area contributed by atoms with Gasteiger partial charge in [-0.15, -0.1) is 11.3 Å². The molecule has 5 rings (SSSR count). The van der Waals surface area contributed by atoms with Crippen LogP contribution in [-0.2, 0) is 0 Å². The second kappa shape index (κ2) is 6.33. The molecule has 5 nitrogen and oxygen atoms in total. The molecular formula is C20H13ClN4OS. The first kappa shape index (κ1) is 16.2. The van der Waals surface area contributed by atoms with Crippen LogP contribution in [0.5, 0.6) is 5.75 Å². The molecule has 3 heterocycles. The van der Waals surface area contributed by atoms with Gasteiger partial charge in [0.05, 0.1) is 33.7 Å². The van der Waals surface area contributed by atoms with Gasteiger partial charge in [0, 0.05) is 0 Å². The van der Waals surface area contributed by atoms with Crippen LogP contribution >= 0.6 is 22.9 Å². The summed E-state index contributed by atoms with van der Waals surface area (Å²) in [4.78, 5) is 15.3. The molecule has 27 heavy (non-hydrogen) atoms. The fourth-order valence-electron chi connectivity index (χ4n) is 3.07. The molecule has 7 heteroatoms. The fourth-order valence-corrected chi connectivity index (χ4v) is 4.02. The van der Waals surface area contributed by atoms with Crippen LogP contribution in [0.2, 0.25) is 5.02 Å². The Balaban J connectivity index is 1.86. The van der Waals surface area contributed by atoms with Crippen molar-refractivity contribution in [2.45, 2.75) is 0 Å². The summed E-state index contributed by atoms with van der Waals surface area (Å²) in [5.41, 5.74) is 3.79. The van der Waals surface area contributed by atoms with E-state index in [4.69, 9.17) is 31.3 Å². The molecule has 0 radical (unpaired) electrons. The SMILES string of the molecule is COc1ccc(-n2c(-c3cccs3)nc3nc4ccccc4nc32)cc1Cl. The molecule has 0 aliphatic carbocycles. The number of rotatable bonds is 3. The lowest BCUT2D eigenvalue weighted by Gasteiger charge is -2.10. The monoisotopic (exact) mass is 392 g/mol. The molecule has 0 spiro atoms. The molecule has 0 unspecified atom stereocenters. The Morgan fingerprint density at radius 1 is 0.963 bits per heavy atom. The Bertz CT molecular complexity index is 1280. The highest BCUT2D eigenvalue weighted by molar-refractivity contribution is 7.13. The number of nitrogens with zero attached hydrogens (tertiary/aromatic N) is 4. The predicted octanol–water partition coefficient (Wildman–Crippen LogP) is 5.36. The summed E-state index contributed by atoms with van der Waals surface area (Å²) in [5, 5.41) is 2.56. The van der Waals surface area contributed by atoms with Crippen LogP contribution in [0, 0.1) is 0 Å². The number of ether oxygens (including phenoxy) is 1. The second-order valence-corrected chi connectivity index (χ2v) is 7.28. The molecule has 2 aromatic carbocycles. The van der Waals surface area contributed by atoms with E-state index >= 15 is 0 Å². The standard InChI is InChI=1S/C20H13ClN4OS/c1-26-16-9-8-12(11-13(16)21)25-19(17-7-4-10-27-17)24-18-20(25)23-15-6-3-2-5-14(15)22-18/h2-11H,1H3. The number of aromatic nitrogens is 4. The normalized spacial score (nSPS) is 11.3. The molecule has 0 N–H and O–H groups in total. The van der Waals surface area contributed by atoms with Crippen molar-refractivity contribution in [1.82, 2.24) is 19.5 Å². The molecule has 0 aliphatic heterocycles. The third-order valence-electron chi connectivity index (χ3n) is 4.30. The smallest absolute Gasteiger partial charge is 0.199 e. The predicted molar refractivity (Wildman–Crippen MR) is 109 cm³/mol. The van der Waals surface area contributed by atoms with Crippen molar-refractivity contribution in [2.24, 2.45) is 0 Å². The number of hydrogen-bond donors (Lipinski definition) is 0. The molecule has 3 aromatic heterocycles. The van der Waals surface area contributed by atoms with Gasteiger partial charge >= 0.3 is 0 Å². The van der Waals surface area contributed by atoms with Crippen molar-refractivity contribution in [3.05, 3.63) is 65.0 Å². The fraction of sp³-hybridized carbons (Fsp3) is 0.0500. The molecule has 132 valence electrons. The molecule has 5 aromatic rings. The van der Waals surface area contributed by atoms with E-state index < -0.39 is 0 Å². The van der Waals surface area contributed by atoms with Crippen LogP contribution in [-0.4, -0.2) is 26.6 Å². The average molecular weight is 393 g/mol. The minimum atomic E-state index is 0.530. The first-order valence-corrected chi connectivity index (χ1v) is 9.53. The van der Waals surface area contributed by atoms with Gasteiger partial charge in [0.25, 0.3) is 0 Å². The number of fused-ring (bicyclic) bond motifs is 2. The number of imidazole rings is 1. The summed E-state index contributed by atoms with van der Waals surface area (Å²) < 4.78 is 7.27. The number of benzene rings is 2. The van der Waals surface area contributed by atoms with Gasteiger partial charge in [-0.25, -0.2) is 15.0 Å². The zero-order chi connectivity index (χ0) is 18.4. The zero-order valence-electron chi connectivity index (χ0n) is 14.3. The third kappa shape index (κ3) is 2.65. The van der Waals surface area contributed by atoms with Crippen LogP contribution in [0.15, 0.2) is 60.0 Å². The van der Waals surface area contributed by atoms with E-state index in [1.54, 1.807) is 18.4 Å². The van der Waals surface area contributed by atoms with Crippen molar-refractivity contribution in [2.75, 3.05) is 7.11 Å². The van der Waals surface area contributed by atoms with E-state index in [0.717, 1.165) is 27.4 Å². The topological polar surface area (TPSA) is 52.8 Å². The molecular weight excluding hydrogens is 380 g/mol. The van der Waals surface area contributed by atoms with Gasteiger partial charge in [0.1, 0.15) is 5.75 Å². The second-order valence-electron chi connectivity index (χ2n) is 5.93. The van der Waals surface area contributed by atoms with Gasteiger partial charge in [-0.1, -0.05) is 29.8 Å². The van der Waals surface area contributed by atoms with Crippen molar-refractivity contribution >= 4 is 45.3 Å². The van der Waals surface area contributed by atoms with E-state index in [9.17, 15) is 0 Å². The van der Waals surface area contributed by atoms with Gasteiger partial charge in [-0.3, -0.25) is 4.57 Å². The average Bonchev–Trinajstić information content (AvgIpc) is 3.33. The van der Waals surface area contributed by atoms with Gasteiger partial charge in [0.15, 0.2) is 17.1 Å². The highest BCUT2D eigenvalue weighted by atomic mass is 35.5.